The fourth-order valence-electron chi connectivity index (χ4n) is 1.33. The first-order chi connectivity index (χ1) is 6.66. The molecule has 14 heavy (non-hydrogen) atoms. The molecule has 0 heterocycles. The molecule has 0 aromatic rings. The lowest BCUT2D eigenvalue weighted by molar-refractivity contribution is -0.139. The van der Waals surface area contributed by atoms with Crippen LogP contribution >= 0.6 is 0 Å². The first-order valence-corrected chi connectivity index (χ1v) is 5.17. The Morgan fingerprint density at radius 3 is 2.50 bits per heavy atom. The van der Waals surface area contributed by atoms with E-state index < -0.39 is 12.1 Å². The van der Waals surface area contributed by atoms with Gasteiger partial charge in [0.15, 0.2) is 0 Å². The SMILES string of the molecule is C=CCCCCCCC(O)CC(=O)O. The minimum atomic E-state index is -0.927. The van der Waals surface area contributed by atoms with Gasteiger partial charge < -0.3 is 10.2 Å². The molecule has 0 radical (unpaired) electrons. The smallest absolute Gasteiger partial charge is 0.305 e. The van der Waals surface area contributed by atoms with E-state index in [1.807, 2.05) is 6.08 Å². The molecule has 0 aliphatic heterocycles. The highest BCUT2D eigenvalue weighted by Gasteiger charge is 2.08. The van der Waals surface area contributed by atoms with Crippen molar-refractivity contribution in [2.75, 3.05) is 0 Å². The summed E-state index contributed by atoms with van der Waals surface area (Å²) >= 11 is 0. The molecule has 3 heteroatoms. The number of carboxylic acids is 1. The van der Waals surface area contributed by atoms with Crippen LogP contribution in [0.3, 0.4) is 0 Å². The average molecular weight is 200 g/mol. The van der Waals surface area contributed by atoms with Gasteiger partial charge in [0.25, 0.3) is 0 Å². The molecule has 0 saturated carbocycles. The Kier molecular flexibility index (Phi) is 8.24. The molecule has 3 nitrogen and oxygen atoms in total. The van der Waals surface area contributed by atoms with Gasteiger partial charge in [-0.1, -0.05) is 25.3 Å². The molecule has 2 N–H and O–H groups in total. The number of rotatable bonds is 9. The van der Waals surface area contributed by atoms with Crippen molar-refractivity contribution in [2.24, 2.45) is 0 Å². The molecule has 82 valence electrons. The molecule has 0 aromatic heterocycles. The van der Waals surface area contributed by atoms with Gasteiger partial charge in [0.05, 0.1) is 12.5 Å². The Hall–Kier alpha value is -0.830. The van der Waals surface area contributed by atoms with Crippen LogP contribution in [-0.2, 0) is 4.79 Å². The van der Waals surface area contributed by atoms with E-state index in [-0.39, 0.29) is 6.42 Å². The van der Waals surface area contributed by atoms with Crippen molar-refractivity contribution in [3.05, 3.63) is 12.7 Å². The maximum Gasteiger partial charge on any atom is 0.305 e. The Morgan fingerprint density at radius 1 is 1.29 bits per heavy atom. The predicted molar refractivity (Wildman–Crippen MR) is 56.2 cm³/mol. The van der Waals surface area contributed by atoms with Crippen LogP contribution in [0, 0.1) is 0 Å². The van der Waals surface area contributed by atoms with Gasteiger partial charge in [-0.05, 0) is 19.3 Å². The molecule has 0 amide bonds. The van der Waals surface area contributed by atoms with E-state index in [1.54, 1.807) is 0 Å². The molecular weight excluding hydrogens is 180 g/mol. The van der Waals surface area contributed by atoms with Gasteiger partial charge in [-0.2, -0.15) is 0 Å². The number of allylic oxidation sites excluding steroid dienone is 1. The van der Waals surface area contributed by atoms with E-state index in [2.05, 4.69) is 6.58 Å². The summed E-state index contributed by atoms with van der Waals surface area (Å²) in [4.78, 5) is 10.2. The topological polar surface area (TPSA) is 57.5 Å². The standard InChI is InChI=1S/C11H20O3/c1-2-3-4-5-6-7-8-10(12)9-11(13)14/h2,10,12H,1,3-9H2,(H,13,14). The third-order valence-corrected chi connectivity index (χ3v) is 2.11. The van der Waals surface area contributed by atoms with Crippen LogP contribution in [0.4, 0.5) is 0 Å². The number of carbonyl (C=O) groups is 1. The fraction of sp³-hybridized carbons (Fsp3) is 0.727. The molecule has 0 bridgehead atoms. The lowest BCUT2D eigenvalue weighted by Gasteiger charge is -2.06. The normalized spacial score (nSPS) is 12.4. The summed E-state index contributed by atoms with van der Waals surface area (Å²) in [5, 5.41) is 17.6. The summed E-state index contributed by atoms with van der Waals surface area (Å²) in [7, 11) is 0. The van der Waals surface area contributed by atoms with Gasteiger partial charge in [-0.15, -0.1) is 6.58 Å². The number of aliphatic hydroxyl groups is 1. The van der Waals surface area contributed by atoms with Gasteiger partial charge in [-0.25, -0.2) is 0 Å². The Balaban J connectivity index is 3.18. The summed E-state index contributed by atoms with van der Waals surface area (Å²) in [6.07, 6.45) is 6.97. The van der Waals surface area contributed by atoms with Gasteiger partial charge in [0, 0.05) is 0 Å². The van der Waals surface area contributed by atoms with E-state index >= 15 is 0 Å². The number of carboxylic acid groups (broad SMARTS) is 1. The van der Waals surface area contributed by atoms with Crippen molar-refractivity contribution in [1.82, 2.24) is 0 Å². The zero-order valence-electron chi connectivity index (χ0n) is 8.61. The van der Waals surface area contributed by atoms with Gasteiger partial charge in [0.1, 0.15) is 0 Å². The van der Waals surface area contributed by atoms with Crippen LogP contribution in [0.1, 0.15) is 44.9 Å². The minimum absolute atomic E-state index is 0.132. The molecule has 0 aliphatic rings. The lowest BCUT2D eigenvalue weighted by Crippen LogP contribution is -2.12. The zero-order valence-corrected chi connectivity index (χ0v) is 8.61. The number of hydrogen-bond donors (Lipinski definition) is 2. The molecule has 0 aliphatic carbocycles. The first-order valence-electron chi connectivity index (χ1n) is 5.17. The van der Waals surface area contributed by atoms with Crippen LogP contribution in [-0.4, -0.2) is 22.3 Å². The fourth-order valence-corrected chi connectivity index (χ4v) is 1.33. The Labute approximate surface area is 85.4 Å². The average Bonchev–Trinajstić information content (AvgIpc) is 2.10. The van der Waals surface area contributed by atoms with Gasteiger partial charge >= 0.3 is 5.97 Å². The monoisotopic (exact) mass is 200 g/mol. The molecule has 0 rings (SSSR count). The van der Waals surface area contributed by atoms with Crippen molar-refractivity contribution >= 4 is 5.97 Å². The highest BCUT2D eigenvalue weighted by molar-refractivity contribution is 5.67. The quantitative estimate of drug-likeness (QED) is 0.443. The van der Waals surface area contributed by atoms with Gasteiger partial charge in [-0.3, -0.25) is 4.79 Å². The maximum absolute atomic E-state index is 10.2. The van der Waals surface area contributed by atoms with Crippen molar-refractivity contribution in [1.29, 1.82) is 0 Å². The number of hydrogen-bond acceptors (Lipinski definition) is 2. The third-order valence-electron chi connectivity index (χ3n) is 2.11. The molecular formula is C11H20O3. The molecule has 0 aromatic carbocycles. The minimum Gasteiger partial charge on any atom is -0.481 e. The summed E-state index contributed by atoms with van der Waals surface area (Å²) in [5.41, 5.74) is 0. The van der Waals surface area contributed by atoms with E-state index in [1.165, 1.54) is 0 Å². The second-order valence-electron chi connectivity index (χ2n) is 3.53. The van der Waals surface area contributed by atoms with Crippen molar-refractivity contribution in [3.8, 4) is 0 Å². The second kappa shape index (κ2) is 8.75. The number of aliphatic carboxylic acids is 1. The van der Waals surface area contributed by atoms with Crippen molar-refractivity contribution in [3.63, 3.8) is 0 Å². The molecule has 1 unspecified atom stereocenters. The predicted octanol–water partition coefficient (Wildman–Crippen LogP) is 2.35. The lowest BCUT2D eigenvalue weighted by atomic mass is 10.1. The van der Waals surface area contributed by atoms with E-state index in [0.29, 0.717) is 6.42 Å². The van der Waals surface area contributed by atoms with Crippen molar-refractivity contribution in [2.45, 2.75) is 51.0 Å². The van der Waals surface area contributed by atoms with Crippen molar-refractivity contribution < 1.29 is 15.0 Å². The highest BCUT2D eigenvalue weighted by Crippen LogP contribution is 2.09. The molecule has 1 atom stereocenters. The summed E-state index contributed by atoms with van der Waals surface area (Å²) in [5.74, 6) is -0.927. The molecule has 0 saturated heterocycles. The number of unbranched alkanes of at least 4 members (excludes halogenated alkanes) is 4. The van der Waals surface area contributed by atoms with Crippen LogP contribution in [0.15, 0.2) is 12.7 Å². The van der Waals surface area contributed by atoms with Crippen LogP contribution in [0.2, 0.25) is 0 Å². The zero-order chi connectivity index (χ0) is 10.8. The Bertz CT molecular complexity index is 166. The highest BCUT2D eigenvalue weighted by atomic mass is 16.4. The van der Waals surface area contributed by atoms with E-state index in [9.17, 15) is 9.90 Å². The molecule has 0 spiro atoms. The third kappa shape index (κ3) is 9.26. The van der Waals surface area contributed by atoms with E-state index in [4.69, 9.17) is 5.11 Å². The first kappa shape index (κ1) is 13.2. The van der Waals surface area contributed by atoms with Crippen LogP contribution in [0.5, 0.6) is 0 Å². The van der Waals surface area contributed by atoms with Crippen LogP contribution in [0.25, 0.3) is 0 Å². The summed E-state index contributed by atoms with van der Waals surface area (Å²) < 4.78 is 0. The second-order valence-corrected chi connectivity index (χ2v) is 3.53. The summed E-state index contributed by atoms with van der Waals surface area (Å²) in [6, 6.07) is 0. The molecule has 0 fully saturated rings. The largest absolute Gasteiger partial charge is 0.481 e. The number of aliphatic hydroxyl groups excluding tert-OH is 1. The maximum atomic E-state index is 10.2. The van der Waals surface area contributed by atoms with Gasteiger partial charge in [0.2, 0.25) is 0 Å². The van der Waals surface area contributed by atoms with E-state index in [0.717, 1.165) is 32.1 Å². The summed E-state index contributed by atoms with van der Waals surface area (Å²) in [6.45, 7) is 3.63. The Morgan fingerprint density at radius 2 is 1.93 bits per heavy atom. The van der Waals surface area contributed by atoms with Crippen LogP contribution < -0.4 is 0 Å².